The molecule has 0 radical (unpaired) electrons. The van der Waals surface area contributed by atoms with E-state index in [1.165, 1.54) is 6.07 Å². The number of hydrogen-bond donors (Lipinski definition) is 1. The van der Waals surface area contributed by atoms with E-state index in [9.17, 15) is 4.39 Å². The van der Waals surface area contributed by atoms with Crippen LogP contribution in [0.5, 0.6) is 0 Å². The highest BCUT2D eigenvalue weighted by atomic mass is 19.1. The Balaban J connectivity index is 1.96. The van der Waals surface area contributed by atoms with Gasteiger partial charge < -0.3 is 10.6 Å². The van der Waals surface area contributed by atoms with Crippen LogP contribution in [0, 0.1) is 5.82 Å². The molecule has 1 atom stereocenters. The van der Waals surface area contributed by atoms with Gasteiger partial charge in [0.15, 0.2) is 0 Å². The van der Waals surface area contributed by atoms with E-state index < -0.39 is 0 Å². The van der Waals surface area contributed by atoms with Crippen LogP contribution in [0.4, 0.5) is 10.3 Å². The summed E-state index contributed by atoms with van der Waals surface area (Å²) in [5.41, 5.74) is 6.88. The van der Waals surface area contributed by atoms with E-state index in [2.05, 4.69) is 14.9 Å². The Morgan fingerprint density at radius 3 is 2.95 bits per heavy atom. The summed E-state index contributed by atoms with van der Waals surface area (Å²) in [7, 11) is 0. The van der Waals surface area contributed by atoms with E-state index in [1.54, 1.807) is 30.5 Å². The van der Waals surface area contributed by atoms with Crippen LogP contribution < -0.4 is 10.6 Å². The zero-order chi connectivity index (χ0) is 13.9. The lowest BCUT2D eigenvalue weighted by atomic mass is 10.1. The van der Waals surface area contributed by atoms with Gasteiger partial charge in [-0.3, -0.25) is 0 Å². The molecule has 0 aliphatic carbocycles. The first kappa shape index (κ1) is 13.0. The van der Waals surface area contributed by atoms with E-state index in [4.69, 9.17) is 5.73 Å². The first-order valence-corrected chi connectivity index (χ1v) is 6.84. The van der Waals surface area contributed by atoms with E-state index in [0.717, 1.165) is 19.4 Å². The number of nitrogens with two attached hydrogens (primary N) is 1. The second-order valence-corrected chi connectivity index (χ2v) is 4.95. The molecular formula is C15H17FN4. The standard InChI is InChI=1S/C15H17FN4/c16-13-6-2-1-5-12(13)14-7-8-18-15(19-14)20-9-3-4-11(20)10-17/h1-2,5-8,11H,3-4,9-10,17H2. The molecule has 0 saturated carbocycles. The Morgan fingerprint density at radius 1 is 1.30 bits per heavy atom. The van der Waals surface area contributed by atoms with Crippen molar-refractivity contribution < 1.29 is 4.39 Å². The SMILES string of the molecule is NCC1CCCN1c1nccc(-c2ccccc2F)n1. The van der Waals surface area contributed by atoms with Crippen molar-refractivity contribution in [2.24, 2.45) is 5.73 Å². The number of anilines is 1. The van der Waals surface area contributed by atoms with Gasteiger partial charge in [0.2, 0.25) is 5.95 Å². The van der Waals surface area contributed by atoms with Crippen molar-refractivity contribution >= 4 is 5.95 Å². The Labute approximate surface area is 117 Å². The van der Waals surface area contributed by atoms with Crippen molar-refractivity contribution in [2.45, 2.75) is 18.9 Å². The summed E-state index contributed by atoms with van der Waals surface area (Å²) in [6, 6.07) is 8.66. The van der Waals surface area contributed by atoms with Crippen LogP contribution in [0.2, 0.25) is 0 Å². The summed E-state index contributed by atoms with van der Waals surface area (Å²) in [6.45, 7) is 1.50. The van der Waals surface area contributed by atoms with Crippen molar-refractivity contribution in [1.29, 1.82) is 0 Å². The van der Waals surface area contributed by atoms with E-state index >= 15 is 0 Å². The molecule has 5 heteroatoms. The van der Waals surface area contributed by atoms with Gasteiger partial charge in [-0.05, 0) is 31.0 Å². The van der Waals surface area contributed by atoms with Gasteiger partial charge in [-0.2, -0.15) is 0 Å². The average Bonchev–Trinajstić information content (AvgIpc) is 2.96. The molecule has 1 fully saturated rings. The first-order valence-electron chi connectivity index (χ1n) is 6.84. The predicted octanol–water partition coefficient (Wildman–Crippen LogP) is 2.21. The molecule has 20 heavy (non-hydrogen) atoms. The summed E-state index contributed by atoms with van der Waals surface area (Å²) in [4.78, 5) is 10.9. The maximum atomic E-state index is 13.8. The van der Waals surface area contributed by atoms with Gasteiger partial charge in [0.1, 0.15) is 5.82 Å². The van der Waals surface area contributed by atoms with Crippen molar-refractivity contribution in [3.05, 3.63) is 42.3 Å². The summed E-state index contributed by atoms with van der Waals surface area (Å²) in [5, 5.41) is 0. The zero-order valence-electron chi connectivity index (χ0n) is 11.2. The van der Waals surface area contributed by atoms with Gasteiger partial charge in [-0.25, -0.2) is 14.4 Å². The van der Waals surface area contributed by atoms with Crippen molar-refractivity contribution in [1.82, 2.24) is 9.97 Å². The third-order valence-electron chi connectivity index (χ3n) is 3.70. The lowest BCUT2D eigenvalue weighted by Crippen LogP contribution is -2.36. The summed E-state index contributed by atoms with van der Waals surface area (Å²) in [6.07, 6.45) is 3.83. The monoisotopic (exact) mass is 272 g/mol. The molecule has 1 aromatic heterocycles. The van der Waals surface area contributed by atoms with Gasteiger partial charge in [-0.1, -0.05) is 12.1 Å². The second kappa shape index (κ2) is 5.54. The van der Waals surface area contributed by atoms with Crippen LogP contribution >= 0.6 is 0 Å². The van der Waals surface area contributed by atoms with Crippen LogP contribution in [0.1, 0.15) is 12.8 Å². The quantitative estimate of drug-likeness (QED) is 0.930. The van der Waals surface area contributed by atoms with Crippen molar-refractivity contribution in [2.75, 3.05) is 18.0 Å². The molecule has 0 amide bonds. The number of rotatable bonds is 3. The molecule has 4 nitrogen and oxygen atoms in total. The Morgan fingerprint density at radius 2 is 2.15 bits per heavy atom. The molecule has 0 bridgehead atoms. The highest BCUT2D eigenvalue weighted by Crippen LogP contribution is 2.25. The number of hydrogen-bond acceptors (Lipinski definition) is 4. The van der Waals surface area contributed by atoms with E-state index in [-0.39, 0.29) is 11.9 Å². The minimum Gasteiger partial charge on any atom is -0.337 e. The molecule has 2 N–H and O–H groups in total. The fraction of sp³-hybridized carbons (Fsp3) is 0.333. The average molecular weight is 272 g/mol. The van der Waals surface area contributed by atoms with Crippen molar-refractivity contribution in [3.8, 4) is 11.3 Å². The lowest BCUT2D eigenvalue weighted by Gasteiger charge is -2.23. The molecule has 1 saturated heterocycles. The lowest BCUT2D eigenvalue weighted by molar-refractivity contribution is 0.630. The number of halogens is 1. The van der Waals surface area contributed by atoms with E-state index in [1.807, 2.05) is 0 Å². The summed E-state index contributed by atoms with van der Waals surface area (Å²) in [5.74, 6) is 0.368. The van der Waals surface area contributed by atoms with Gasteiger partial charge in [-0.15, -0.1) is 0 Å². The zero-order valence-corrected chi connectivity index (χ0v) is 11.2. The fourth-order valence-corrected chi connectivity index (χ4v) is 2.65. The van der Waals surface area contributed by atoms with Crippen LogP contribution in [0.25, 0.3) is 11.3 Å². The topological polar surface area (TPSA) is 55.0 Å². The number of nitrogens with zero attached hydrogens (tertiary/aromatic N) is 3. The van der Waals surface area contributed by atoms with Crippen LogP contribution in [0.15, 0.2) is 36.5 Å². The first-order chi connectivity index (χ1) is 9.79. The van der Waals surface area contributed by atoms with E-state index in [0.29, 0.717) is 23.8 Å². The van der Waals surface area contributed by atoms with Crippen LogP contribution in [-0.2, 0) is 0 Å². The largest absolute Gasteiger partial charge is 0.337 e. The minimum atomic E-state index is -0.269. The molecule has 104 valence electrons. The fourth-order valence-electron chi connectivity index (χ4n) is 2.65. The summed E-state index contributed by atoms with van der Waals surface area (Å²) >= 11 is 0. The Bertz CT molecular complexity index is 602. The maximum Gasteiger partial charge on any atom is 0.226 e. The molecule has 1 aliphatic heterocycles. The predicted molar refractivity (Wildman–Crippen MR) is 76.8 cm³/mol. The van der Waals surface area contributed by atoms with Gasteiger partial charge in [0, 0.05) is 30.9 Å². The third-order valence-corrected chi connectivity index (χ3v) is 3.70. The normalized spacial score (nSPS) is 18.5. The van der Waals surface area contributed by atoms with Gasteiger partial charge >= 0.3 is 0 Å². The molecule has 3 rings (SSSR count). The number of aromatic nitrogens is 2. The molecule has 2 heterocycles. The molecule has 1 aromatic carbocycles. The second-order valence-electron chi connectivity index (χ2n) is 4.95. The Kier molecular flexibility index (Phi) is 3.60. The minimum absolute atomic E-state index is 0.269. The van der Waals surface area contributed by atoms with Crippen molar-refractivity contribution in [3.63, 3.8) is 0 Å². The van der Waals surface area contributed by atoms with Crippen LogP contribution in [0.3, 0.4) is 0 Å². The Hall–Kier alpha value is -2.01. The molecular weight excluding hydrogens is 255 g/mol. The summed E-state index contributed by atoms with van der Waals surface area (Å²) < 4.78 is 13.8. The highest BCUT2D eigenvalue weighted by Gasteiger charge is 2.25. The maximum absolute atomic E-state index is 13.8. The van der Waals surface area contributed by atoms with Gasteiger partial charge in [0.05, 0.1) is 5.69 Å². The molecule has 1 aliphatic rings. The third kappa shape index (κ3) is 2.36. The van der Waals surface area contributed by atoms with Crippen LogP contribution in [-0.4, -0.2) is 29.1 Å². The molecule has 2 aromatic rings. The smallest absolute Gasteiger partial charge is 0.226 e. The molecule has 1 unspecified atom stereocenters. The van der Waals surface area contributed by atoms with Gasteiger partial charge in [0.25, 0.3) is 0 Å². The molecule has 0 spiro atoms. The number of benzene rings is 1. The highest BCUT2D eigenvalue weighted by molar-refractivity contribution is 5.61.